The summed E-state index contributed by atoms with van der Waals surface area (Å²) in [4.78, 5) is 34.9. The number of aromatic amines is 1. The molecule has 1 amide bonds. The predicted molar refractivity (Wildman–Crippen MR) is 94.1 cm³/mol. The molecule has 130 valence electrons. The molecular formula is C19H22N4O2. The zero-order chi connectivity index (χ0) is 17.2. The molecule has 25 heavy (non-hydrogen) atoms. The minimum atomic E-state index is -0.290. The van der Waals surface area contributed by atoms with Crippen molar-refractivity contribution in [3.05, 3.63) is 64.3 Å². The Balaban J connectivity index is 1.50. The number of hydrogen-bond donors (Lipinski definition) is 1. The molecule has 0 unspecified atom stereocenters. The van der Waals surface area contributed by atoms with Crippen LogP contribution >= 0.6 is 0 Å². The van der Waals surface area contributed by atoms with Gasteiger partial charge in [-0.05, 0) is 24.3 Å². The third-order valence-corrected chi connectivity index (χ3v) is 5.23. The number of rotatable bonds is 3. The lowest BCUT2D eigenvalue weighted by Gasteiger charge is -2.36. The van der Waals surface area contributed by atoms with Crippen LogP contribution in [-0.2, 0) is 6.54 Å². The topological polar surface area (TPSA) is 69.3 Å². The second-order valence-electron chi connectivity index (χ2n) is 7.02. The number of carbonyl (C=O) groups excluding carboxylic acids is 1. The van der Waals surface area contributed by atoms with Crippen LogP contribution in [0.25, 0.3) is 0 Å². The number of hydrogen-bond acceptors (Lipinski definition) is 4. The van der Waals surface area contributed by atoms with Crippen molar-refractivity contribution >= 4 is 5.91 Å². The first-order valence-electron chi connectivity index (χ1n) is 8.81. The van der Waals surface area contributed by atoms with Gasteiger partial charge in [0.1, 0.15) is 5.69 Å². The number of H-pyrrole nitrogens is 1. The zero-order valence-electron chi connectivity index (χ0n) is 14.1. The highest BCUT2D eigenvalue weighted by atomic mass is 16.2. The molecule has 0 spiro atoms. The van der Waals surface area contributed by atoms with Crippen molar-refractivity contribution in [3.63, 3.8) is 0 Å². The predicted octanol–water partition coefficient (Wildman–Crippen LogP) is 1.51. The number of fused-ring (bicyclic) bond motifs is 4. The molecule has 4 heterocycles. The van der Waals surface area contributed by atoms with Gasteiger partial charge < -0.3 is 9.88 Å². The summed E-state index contributed by atoms with van der Waals surface area (Å²) in [5.74, 6) is 0.406. The Bertz CT molecular complexity index is 784. The van der Waals surface area contributed by atoms with E-state index in [1.165, 1.54) is 24.4 Å². The van der Waals surface area contributed by atoms with Crippen LogP contribution in [0, 0.1) is 5.92 Å². The van der Waals surface area contributed by atoms with Crippen molar-refractivity contribution in [2.24, 2.45) is 5.92 Å². The van der Waals surface area contributed by atoms with E-state index in [4.69, 9.17) is 0 Å². The second-order valence-corrected chi connectivity index (χ2v) is 7.02. The largest absolute Gasteiger partial charge is 0.335 e. The van der Waals surface area contributed by atoms with Crippen molar-refractivity contribution in [1.29, 1.82) is 0 Å². The zero-order valence-corrected chi connectivity index (χ0v) is 14.1. The maximum Gasteiger partial charge on any atom is 0.274 e. The Morgan fingerprint density at radius 2 is 2.00 bits per heavy atom. The highest BCUT2D eigenvalue weighted by Gasteiger charge is 2.36. The van der Waals surface area contributed by atoms with E-state index in [2.05, 4.69) is 39.1 Å². The summed E-state index contributed by atoms with van der Waals surface area (Å²) < 4.78 is 0. The maximum atomic E-state index is 12.8. The molecule has 3 aliphatic rings. The molecule has 2 atom stereocenters. The van der Waals surface area contributed by atoms with Crippen LogP contribution in [0.4, 0.5) is 0 Å². The van der Waals surface area contributed by atoms with Gasteiger partial charge in [0.2, 0.25) is 0 Å². The van der Waals surface area contributed by atoms with Crippen LogP contribution in [0.5, 0.6) is 0 Å². The van der Waals surface area contributed by atoms with Gasteiger partial charge in [-0.1, -0.05) is 30.3 Å². The van der Waals surface area contributed by atoms with E-state index in [0.29, 0.717) is 17.7 Å². The van der Waals surface area contributed by atoms with Gasteiger partial charge in [-0.2, -0.15) is 0 Å². The van der Waals surface area contributed by atoms with E-state index < -0.39 is 0 Å². The molecule has 1 N–H and O–H groups in total. The van der Waals surface area contributed by atoms with Gasteiger partial charge >= 0.3 is 0 Å². The molecule has 2 bridgehead atoms. The van der Waals surface area contributed by atoms with Crippen LogP contribution in [0.15, 0.2) is 47.5 Å². The quantitative estimate of drug-likeness (QED) is 0.921. The molecule has 3 saturated heterocycles. The average Bonchev–Trinajstić information content (AvgIpc) is 2.94. The third-order valence-electron chi connectivity index (χ3n) is 5.23. The summed E-state index contributed by atoms with van der Waals surface area (Å²) >= 11 is 0. The molecular weight excluding hydrogens is 316 g/mol. The molecule has 3 fully saturated rings. The fourth-order valence-corrected chi connectivity index (χ4v) is 3.98. The molecule has 1 aromatic carbocycles. The first-order chi connectivity index (χ1) is 12.2. The first-order valence-corrected chi connectivity index (χ1v) is 8.81. The summed E-state index contributed by atoms with van der Waals surface area (Å²) in [6.07, 6.45) is 4.87. The third kappa shape index (κ3) is 3.49. The van der Waals surface area contributed by atoms with Gasteiger partial charge in [0.05, 0.1) is 6.20 Å². The number of carbonyl (C=O) groups is 1. The lowest BCUT2D eigenvalue weighted by atomic mass is 9.94. The summed E-state index contributed by atoms with van der Waals surface area (Å²) in [6.45, 7) is 3.45. The smallest absolute Gasteiger partial charge is 0.274 e. The highest BCUT2D eigenvalue weighted by molar-refractivity contribution is 5.92. The lowest BCUT2D eigenvalue weighted by Crippen LogP contribution is -2.44. The van der Waals surface area contributed by atoms with Crippen LogP contribution in [-0.4, -0.2) is 51.4 Å². The summed E-state index contributed by atoms with van der Waals surface area (Å²) in [5.41, 5.74) is 1.34. The normalized spacial score (nSPS) is 23.4. The van der Waals surface area contributed by atoms with Gasteiger partial charge in [0, 0.05) is 38.4 Å². The molecule has 5 rings (SSSR count). The highest BCUT2D eigenvalue weighted by Crippen LogP contribution is 2.29. The molecule has 3 aliphatic heterocycles. The van der Waals surface area contributed by atoms with E-state index in [1.54, 1.807) is 0 Å². The van der Waals surface area contributed by atoms with Gasteiger partial charge in [-0.25, -0.2) is 4.98 Å². The Kier molecular flexibility index (Phi) is 4.36. The standard InChI is InChI=1S/C19H22N4O2/c24-18-9-20-17(8-21-18)19(25)23-12-15-6-7-16(13-23)22(11-15)10-14-4-2-1-3-5-14/h1-5,8-9,15-16H,6-7,10-13H2,(H,21,24)/t15-,16-/m1/s1. The fraction of sp³-hybridized carbons (Fsp3) is 0.421. The van der Waals surface area contributed by atoms with E-state index in [0.717, 1.165) is 32.6 Å². The molecule has 6 nitrogen and oxygen atoms in total. The molecule has 0 radical (unpaired) electrons. The summed E-state index contributed by atoms with van der Waals surface area (Å²) in [6, 6.07) is 10.9. The Hall–Kier alpha value is -2.47. The summed E-state index contributed by atoms with van der Waals surface area (Å²) in [7, 11) is 0. The van der Waals surface area contributed by atoms with E-state index in [-0.39, 0.29) is 11.5 Å². The fourth-order valence-electron chi connectivity index (χ4n) is 3.98. The van der Waals surface area contributed by atoms with Crippen LogP contribution in [0.1, 0.15) is 28.9 Å². The van der Waals surface area contributed by atoms with Crippen molar-refractivity contribution in [2.75, 3.05) is 19.6 Å². The Morgan fingerprint density at radius 1 is 1.16 bits per heavy atom. The van der Waals surface area contributed by atoms with Gasteiger partial charge in [0.25, 0.3) is 11.5 Å². The maximum absolute atomic E-state index is 12.8. The van der Waals surface area contributed by atoms with Crippen molar-refractivity contribution < 1.29 is 4.79 Å². The van der Waals surface area contributed by atoms with Gasteiger partial charge in [0.15, 0.2) is 0 Å². The Labute approximate surface area is 146 Å². The number of nitrogens with zero attached hydrogens (tertiary/aromatic N) is 3. The number of aromatic nitrogens is 2. The van der Waals surface area contributed by atoms with Crippen molar-refractivity contribution in [3.8, 4) is 0 Å². The number of piperidine rings is 1. The minimum Gasteiger partial charge on any atom is -0.335 e. The van der Waals surface area contributed by atoms with E-state index >= 15 is 0 Å². The number of nitrogens with one attached hydrogen (secondary N) is 1. The summed E-state index contributed by atoms with van der Waals surface area (Å²) in [5, 5.41) is 0. The lowest BCUT2D eigenvalue weighted by molar-refractivity contribution is 0.0729. The van der Waals surface area contributed by atoms with Crippen molar-refractivity contribution in [2.45, 2.75) is 25.4 Å². The van der Waals surface area contributed by atoms with Crippen LogP contribution < -0.4 is 5.56 Å². The number of amides is 1. The monoisotopic (exact) mass is 338 g/mol. The Morgan fingerprint density at radius 3 is 2.76 bits per heavy atom. The molecule has 0 aliphatic carbocycles. The molecule has 6 heteroatoms. The van der Waals surface area contributed by atoms with Gasteiger partial charge in [-0.3, -0.25) is 14.5 Å². The first kappa shape index (κ1) is 16.0. The SMILES string of the molecule is O=C(c1c[nH]c(=O)cn1)N1C[C@@H]2CC[C@H](C1)N(Cc1ccccc1)C2. The van der Waals surface area contributed by atoms with Gasteiger partial charge in [-0.15, -0.1) is 0 Å². The minimum absolute atomic E-state index is 0.0882. The number of benzene rings is 1. The molecule has 1 aromatic heterocycles. The average molecular weight is 338 g/mol. The van der Waals surface area contributed by atoms with Crippen LogP contribution in [0.2, 0.25) is 0 Å². The molecule has 2 aromatic rings. The van der Waals surface area contributed by atoms with Crippen molar-refractivity contribution in [1.82, 2.24) is 19.8 Å². The second kappa shape index (κ2) is 6.80. The van der Waals surface area contributed by atoms with Crippen LogP contribution in [0.3, 0.4) is 0 Å². The molecule has 0 saturated carbocycles. The van der Waals surface area contributed by atoms with E-state index in [1.807, 2.05) is 11.0 Å². The van der Waals surface area contributed by atoms with E-state index in [9.17, 15) is 9.59 Å².